The third kappa shape index (κ3) is 2.32. The monoisotopic (exact) mass is 332 g/mol. The van der Waals surface area contributed by atoms with Crippen LogP contribution in [0.3, 0.4) is 0 Å². The lowest BCUT2D eigenvalue weighted by Gasteiger charge is -2.33. The van der Waals surface area contributed by atoms with E-state index < -0.39 is 0 Å². The minimum Gasteiger partial charge on any atom is -0.139 e. The van der Waals surface area contributed by atoms with Crippen molar-refractivity contribution in [3.05, 3.63) is 58.6 Å². The zero-order valence-corrected chi connectivity index (χ0v) is 14.2. The van der Waals surface area contributed by atoms with Gasteiger partial charge in [-0.15, -0.1) is 23.5 Å². The number of benzene rings is 2. The maximum absolute atomic E-state index is 6.48. The maximum atomic E-state index is 6.48. The Kier molecular flexibility index (Phi) is 3.72. The first-order valence-electron chi connectivity index (χ1n) is 7.45. The summed E-state index contributed by atoms with van der Waals surface area (Å²) >= 11 is 10.8. The first-order valence-corrected chi connectivity index (χ1v) is 9.80. The maximum Gasteiger partial charge on any atom is 0.0866 e. The molecule has 1 aliphatic heterocycles. The summed E-state index contributed by atoms with van der Waals surface area (Å²) in [5, 5.41) is 0.921. The molecule has 21 heavy (non-hydrogen) atoms. The smallest absolute Gasteiger partial charge is 0.0866 e. The SMILES string of the molecule is Clc1cccc2c1CCCC1(SCCS1)c1ccccc1-2. The van der Waals surface area contributed by atoms with Crippen molar-refractivity contribution in [2.24, 2.45) is 0 Å². The summed E-state index contributed by atoms with van der Waals surface area (Å²) in [7, 11) is 0. The predicted octanol–water partition coefficient (Wildman–Crippen LogP) is 5.98. The molecule has 1 aliphatic carbocycles. The third-order valence-electron chi connectivity index (χ3n) is 4.43. The minimum atomic E-state index is 0.261. The Morgan fingerprint density at radius 2 is 1.67 bits per heavy atom. The summed E-state index contributed by atoms with van der Waals surface area (Å²) in [6.07, 6.45) is 3.54. The fourth-order valence-electron chi connectivity index (χ4n) is 3.50. The van der Waals surface area contributed by atoms with E-state index in [9.17, 15) is 0 Å². The molecule has 0 radical (unpaired) electrons. The van der Waals surface area contributed by atoms with E-state index in [1.165, 1.54) is 46.6 Å². The van der Waals surface area contributed by atoms with Crippen LogP contribution in [0.15, 0.2) is 42.5 Å². The fourth-order valence-corrected chi connectivity index (χ4v) is 7.18. The van der Waals surface area contributed by atoms with Crippen LogP contribution in [0.5, 0.6) is 0 Å². The first kappa shape index (κ1) is 14.0. The fraction of sp³-hybridized carbons (Fsp3) is 0.333. The topological polar surface area (TPSA) is 0 Å². The van der Waals surface area contributed by atoms with E-state index in [2.05, 4.69) is 59.9 Å². The molecule has 2 aliphatic rings. The highest BCUT2D eigenvalue weighted by Crippen LogP contribution is 2.58. The second-order valence-corrected chi connectivity index (χ2v) is 9.07. The molecule has 0 aromatic heterocycles. The number of fused-ring (bicyclic) bond motifs is 4. The summed E-state index contributed by atoms with van der Waals surface area (Å²) in [5.41, 5.74) is 5.55. The molecule has 3 heteroatoms. The first-order chi connectivity index (χ1) is 10.3. The van der Waals surface area contributed by atoms with Crippen molar-refractivity contribution in [2.45, 2.75) is 23.3 Å². The van der Waals surface area contributed by atoms with Crippen LogP contribution in [0.4, 0.5) is 0 Å². The lowest BCUT2D eigenvalue weighted by molar-refractivity contribution is 0.687. The molecule has 0 amide bonds. The minimum absolute atomic E-state index is 0.261. The number of hydrogen-bond donors (Lipinski definition) is 0. The molecule has 2 aromatic carbocycles. The van der Waals surface area contributed by atoms with Crippen LogP contribution < -0.4 is 0 Å². The molecule has 1 fully saturated rings. The van der Waals surface area contributed by atoms with Crippen LogP contribution in [-0.2, 0) is 10.5 Å². The molecule has 1 saturated heterocycles. The Morgan fingerprint density at radius 1 is 0.905 bits per heavy atom. The van der Waals surface area contributed by atoms with Crippen molar-refractivity contribution in [1.82, 2.24) is 0 Å². The molecule has 1 spiro atoms. The molecule has 0 nitrogen and oxygen atoms in total. The summed E-state index contributed by atoms with van der Waals surface area (Å²) in [6, 6.07) is 15.3. The van der Waals surface area contributed by atoms with Gasteiger partial charge >= 0.3 is 0 Å². The van der Waals surface area contributed by atoms with Crippen molar-refractivity contribution in [3.63, 3.8) is 0 Å². The average molecular weight is 333 g/mol. The summed E-state index contributed by atoms with van der Waals surface area (Å²) in [6.45, 7) is 0. The van der Waals surface area contributed by atoms with Crippen LogP contribution in [0.25, 0.3) is 11.1 Å². The van der Waals surface area contributed by atoms with Gasteiger partial charge in [0.15, 0.2) is 0 Å². The van der Waals surface area contributed by atoms with Gasteiger partial charge in [0.25, 0.3) is 0 Å². The van der Waals surface area contributed by atoms with Gasteiger partial charge in [-0.25, -0.2) is 0 Å². The summed E-state index contributed by atoms with van der Waals surface area (Å²) in [5.74, 6) is 2.53. The molecule has 108 valence electrons. The predicted molar refractivity (Wildman–Crippen MR) is 96.4 cm³/mol. The summed E-state index contributed by atoms with van der Waals surface area (Å²) < 4.78 is 0.261. The van der Waals surface area contributed by atoms with E-state index in [0.29, 0.717) is 0 Å². The normalized spacial score (nSPS) is 19.7. The van der Waals surface area contributed by atoms with E-state index in [1.54, 1.807) is 0 Å². The highest BCUT2D eigenvalue weighted by Gasteiger charge is 2.39. The van der Waals surface area contributed by atoms with Crippen LogP contribution in [0, 0.1) is 0 Å². The average Bonchev–Trinajstić information content (AvgIpc) is 2.97. The Morgan fingerprint density at radius 3 is 2.52 bits per heavy atom. The third-order valence-corrected chi connectivity index (χ3v) is 8.35. The second-order valence-electron chi connectivity index (χ2n) is 5.61. The zero-order chi connectivity index (χ0) is 14.3. The molecule has 4 rings (SSSR count). The molecule has 0 unspecified atom stereocenters. The van der Waals surface area contributed by atoms with Gasteiger partial charge in [0, 0.05) is 16.5 Å². The molecule has 0 atom stereocenters. The van der Waals surface area contributed by atoms with Crippen molar-refractivity contribution < 1.29 is 0 Å². The molecule has 2 aromatic rings. The largest absolute Gasteiger partial charge is 0.139 e. The Hall–Kier alpha value is -0.570. The number of thioether (sulfide) groups is 2. The zero-order valence-electron chi connectivity index (χ0n) is 11.8. The highest BCUT2D eigenvalue weighted by molar-refractivity contribution is 8.20. The Labute approximate surface area is 139 Å². The van der Waals surface area contributed by atoms with E-state index in [4.69, 9.17) is 11.6 Å². The Bertz CT molecular complexity index is 675. The molecular formula is C18H17ClS2. The van der Waals surface area contributed by atoms with Crippen LogP contribution in [0.1, 0.15) is 24.0 Å². The molecule has 1 heterocycles. The van der Waals surface area contributed by atoms with Gasteiger partial charge in [0.05, 0.1) is 4.08 Å². The number of hydrogen-bond acceptors (Lipinski definition) is 2. The van der Waals surface area contributed by atoms with Crippen molar-refractivity contribution in [3.8, 4) is 11.1 Å². The van der Waals surface area contributed by atoms with E-state index in [0.717, 1.165) is 11.4 Å². The summed E-state index contributed by atoms with van der Waals surface area (Å²) in [4.78, 5) is 0. The highest BCUT2D eigenvalue weighted by atomic mass is 35.5. The molecule has 0 saturated carbocycles. The van der Waals surface area contributed by atoms with Gasteiger partial charge in [-0.05, 0) is 47.6 Å². The number of halogens is 1. The van der Waals surface area contributed by atoms with Gasteiger partial charge in [0.1, 0.15) is 0 Å². The lowest BCUT2D eigenvalue weighted by atomic mass is 9.87. The van der Waals surface area contributed by atoms with Gasteiger partial charge in [-0.1, -0.05) is 48.0 Å². The Balaban J connectivity index is 1.98. The van der Waals surface area contributed by atoms with Crippen LogP contribution in [0.2, 0.25) is 5.02 Å². The molecule has 0 N–H and O–H groups in total. The van der Waals surface area contributed by atoms with Gasteiger partial charge in [-0.2, -0.15) is 0 Å². The quantitative estimate of drug-likeness (QED) is 0.582. The lowest BCUT2D eigenvalue weighted by Crippen LogP contribution is -2.18. The van der Waals surface area contributed by atoms with E-state index in [-0.39, 0.29) is 4.08 Å². The van der Waals surface area contributed by atoms with Crippen LogP contribution in [-0.4, -0.2) is 11.5 Å². The standard InChI is InChI=1S/C18H17ClS2/c19-17-9-3-6-13-14-5-1-2-8-16(14)18(20-11-12-21-18)10-4-7-15(13)17/h1-3,5-6,8-9H,4,7,10-12H2. The van der Waals surface area contributed by atoms with Crippen molar-refractivity contribution >= 4 is 35.1 Å². The van der Waals surface area contributed by atoms with Gasteiger partial charge < -0.3 is 0 Å². The second kappa shape index (κ2) is 5.57. The van der Waals surface area contributed by atoms with E-state index in [1.807, 2.05) is 6.07 Å². The van der Waals surface area contributed by atoms with Gasteiger partial charge in [0.2, 0.25) is 0 Å². The molecule has 0 bridgehead atoms. The number of rotatable bonds is 0. The van der Waals surface area contributed by atoms with Crippen LogP contribution >= 0.6 is 35.1 Å². The van der Waals surface area contributed by atoms with Crippen molar-refractivity contribution in [2.75, 3.05) is 11.5 Å². The molecular weight excluding hydrogens is 316 g/mol. The van der Waals surface area contributed by atoms with Gasteiger partial charge in [-0.3, -0.25) is 0 Å². The van der Waals surface area contributed by atoms with E-state index >= 15 is 0 Å². The van der Waals surface area contributed by atoms with Crippen molar-refractivity contribution in [1.29, 1.82) is 0 Å².